The molecule has 3 heterocycles. The number of benzene rings is 2. The Morgan fingerprint density at radius 2 is 1.77 bits per heavy atom. The molecule has 5 rings (SSSR count). The number of aromatic nitrogens is 3. The quantitative estimate of drug-likeness (QED) is 0.632. The van der Waals surface area contributed by atoms with Crippen LogP contribution in [0, 0.1) is 0 Å². The highest BCUT2D eigenvalue weighted by Crippen LogP contribution is 2.42. The van der Waals surface area contributed by atoms with Crippen LogP contribution in [0.15, 0.2) is 64.3 Å². The van der Waals surface area contributed by atoms with Crippen LogP contribution in [0.5, 0.6) is 0 Å². The van der Waals surface area contributed by atoms with Crippen molar-refractivity contribution in [3.63, 3.8) is 0 Å². The molecular weight excluding hydrogens is 396 g/mol. The van der Waals surface area contributed by atoms with Crippen molar-refractivity contribution >= 4 is 11.8 Å². The number of aryl methyl sites for hydroxylation is 1. The van der Waals surface area contributed by atoms with Crippen molar-refractivity contribution in [1.29, 1.82) is 0 Å². The largest absolute Gasteiger partial charge is 0.379 e. The monoisotopic (exact) mass is 422 g/mol. The van der Waals surface area contributed by atoms with E-state index in [4.69, 9.17) is 9.84 Å². The van der Waals surface area contributed by atoms with Crippen LogP contribution in [0.1, 0.15) is 23.1 Å². The van der Waals surface area contributed by atoms with Gasteiger partial charge in [0.05, 0.1) is 18.9 Å². The first-order valence-corrected chi connectivity index (χ1v) is 11.5. The van der Waals surface area contributed by atoms with Crippen LogP contribution in [-0.4, -0.2) is 52.1 Å². The van der Waals surface area contributed by atoms with Crippen LogP contribution in [-0.2, 0) is 17.7 Å². The van der Waals surface area contributed by atoms with Crippen molar-refractivity contribution in [1.82, 2.24) is 19.2 Å². The second-order valence-electron chi connectivity index (χ2n) is 7.75. The molecule has 0 aliphatic carbocycles. The molecule has 0 spiro atoms. The van der Waals surface area contributed by atoms with Gasteiger partial charge in [-0.1, -0.05) is 42.5 Å². The molecule has 1 fully saturated rings. The minimum Gasteiger partial charge on any atom is -0.379 e. The number of hydrogen-bond acceptors (Lipinski definition) is 5. The van der Waals surface area contributed by atoms with Gasteiger partial charge in [0.1, 0.15) is 5.82 Å². The lowest BCUT2D eigenvalue weighted by Crippen LogP contribution is -2.37. The summed E-state index contributed by atoms with van der Waals surface area (Å²) in [6.07, 6.45) is 1.64. The summed E-state index contributed by atoms with van der Waals surface area (Å²) in [5.74, 6) is 0.845. The Bertz CT molecular complexity index is 1060. The van der Waals surface area contributed by atoms with E-state index >= 15 is 0 Å². The maximum absolute atomic E-state index is 13.3. The maximum atomic E-state index is 13.3. The van der Waals surface area contributed by atoms with Gasteiger partial charge in [0.2, 0.25) is 0 Å². The summed E-state index contributed by atoms with van der Waals surface area (Å²) >= 11 is 1.82. The zero-order valence-electron chi connectivity index (χ0n) is 16.9. The molecule has 3 aromatic rings. The lowest BCUT2D eigenvalue weighted by Gasteiger charge is -2.26. The topological polar surface area (TPSA) is 52.3 Å². The zero-order valence-corrected chi connectivity index (χ0v) is 17.8. The van der Waals surface area contributed by atoms with Gasteiger partial charge in [0.15, 0.2) is 0 Å². The first-order valence-electron chi connectivity index (χ1n) is 10.6. The number of fused-ring (bicyclic) bond motifs is 3. The Morgan fingerprint density at radius 1 is 1.00 bits per heavy atom. The normalized spacial score (nSPS) is 19.1. The SMILES string of the molecule is O=c1n(CCCN2CCOCC2)nc2n1-c1ccccc1SC(c1ccccc1)C2. The van der Waals surface area contributed by atoms with Gasteiger partial charge in [-0.3, -0.25) is 4.90 Å². The number of nitrogens with zero attached hydrogens (tertiary/aromatic N) is 4. The molecule has 0 radical (unpaired) electrons. The second kappa shape index (κ2) is 8.79. The van der Waals surface area contributed by atoms with Crippen LogP contribution in [0.4, 0.5) is 0 Å². The van der Waals surface area contributed by atoms with Crippen molar-refractivity contribution in [3.8, 4) is 5.69 Å². The van der Waals surface area contributed by atoms with Gasteiger partial charge in [-0.25, -0.2) is 14.0 Å². The standard InChI is InChI=1S/C23H26N4O2S/c28-23-26(12-6-11-25-13-15-29-16-14-25)24-22-17-21(18-7-2-1-3-8-18)30-20-10-5-4-9-19(20)27(22)23/h1-5,7-10,21H,6,11-17H2. The van der Waals surface area contributed by atoms with E-state index in [-0.39, 0.29) is 10.9 Å². The van der Waals surface area contributed by atoms with E-state index in [9.17, 15) is 4.79 Å². The summed E-state index contributed by atoms with van der Waals surface area (Å²) in [5.41, 5.74) is 2.18. The lowest BCUT2D eigenvalue weighted by molar-refractivity contribution is 0.0368. The summed E-state index contributed by atoms with van der Waals surface area (Å²) in [6.45, 7) is 5.15. The third-order valence-corrected chi connectivity index (χ3v) is 7.09. The molecular formula is C23H26N4O2S. The van der Waals surface area contributed by atoms with E-state index in [1.807, 2.05) is 40.6 Å². The molecule has 1 saturated heterocycles. The number of ether oxygens (including phenoxy) is 1. The van der Waals surface area contributed by atoms with Gasteiger partial charge >= 0.3 is 5.69 Å². The van der Waals surface area contributed by atoms with E-state index in [0.717, 1.165) is 62.1 Å². The van der Waals surface area contributed by atoms with Crippen molar-refractivity contribution in [2.45, 2.75) is 29.5 Å². The zero-order chi connectivity index (χ0) is 20.3. The molecule has 7 heteroatoms. The summed E-state index contributed by atoms with van der Waals surface area (Å²) in [5, 5.41) is 5.01. The van der Waals surface area contributed by atoms with Crippen molar-refractivity contribution in [3.05, 3.63) is 76.5 Å². The first kappa shape index (κ1) is 19.6. The summed E-state index contributed by atoms with van der Waals surface area (Å²) < 4.78 is 8.89. The fraction of sp³-hybridized carbons (Fsp3) is 0.391. The third-order valence-electron chi connectivity index (χ3n) is 5.77. The first-order chi connectivity index (χ1) is 14.8. The molecule has 0 N–H and O–H groups in total. The predicted molar refractivity (Wildman–Crippen MR) is 118 cm³/mol. The Morgan fingerprint density at radius 3 is 2.60 bits per heavy atom. The van der Waals surface area contributed by atoms with E-state index in [0.29, 0.717) is 6.54 Å². The predicted octanol–water partition coefficient (Wildman–Crippen LogP) is 3.15. The summed E-state index contributed by atoms with van der Waals surface area (Å²) in [6, 6.07) is 18.7. The molecule has 1 aromatic heterocycles. The molecule has 1 atom stereocenters. The van der Waals surface area contributed by atoms with E-state index < -0.39 is 0 Å². The van der Waals surface area contributed by atoms with Crippen molar-refractivity contribution in [2.75, 3.05) is 32.8 Å². The molecule has 1 unspecified atom stereocenters. The molecule has 6 nitrogen and oxygen atoms in total. The van der Waals surface area contributed by atoms with Crippen LogP contribution >= 0.6 is 11.8 Å². The molecule has 0 saturated carbocycles. The Labute approximate surface area is 180 Å². The molecule has 2 aliphatic heterocycles. The smallest absolute Gasteiger partial charge is 0.350 e. The Hall–Kier alpha value is -2.35. The highest BCUT2D eigenvalue weighted by Gasteiger charge is 2.27. The minimum absolute atomic E-state index is 0.0336. The molecule has 156 valence electrons. The minimum atomic E-state index is -0.0336. The number of thioether (sulfide) groups is 1. The number of rotatable bonds is 5. The van der Waals surface area contributed by atoms with Gasteiger partial charge in [-0.15, -0.1) is 11.8 Å². The Kier molecular flexibility index (Phi) is 5.75. The number of para-hydroxylation sites is 1. The average molecular weight is 423 g/mol. The lowest BCUT2D eigenvalue weighted by atomic mass is 10.1. The van der Waals surface area contributed by atoms with E-state index in [1.165, 1.54) is 5.56 Å². The average Bonchev–Trinajstić information content (AvgIpc) is 2.99. The van der Waals surface area contributed by atoms with Gasteiger partial charge < -0.3 is 4.74 Å². The molecule has 30 heavy (non-hydrogen) atoms. The fourth-order valence-electron chi connectivity index (χ4n) is 4.20. The van der Waals surface area contributed by atoms with Crippen LogP contribution in [0.25, 0.3) is 5.69 Å². The molecule has 2 aromatic carbocycles. The highest BCUT2D eigenvalue weighted by atomic mass is 32.2. The highest BCUT2D eigenvalue weighted by molar-refractivity contribution is 7.99. The Balaban J connectivity index is 1.43. The second-order valence-corrected chi connectivity index (χ2v) is 9.00. The molecule has 0 amide bonds. The van der Waals surface area contributed by atoms with Gasteiger partial charge in [0.25, 0.3) is 0 Å². The molecule has 0 bridgehead atoms. The van der Waals surface area contributed by atoms with Crippen LogP contribution < -0.4 is 5.69 Å². The van der Waals surface area contributed by atoms with E-state index in [1.54, 1.807) is 4.68 Å². The van der Waals surface area contributed by atoms with E-state index in [2.05, 4.69) is 35.2 Å². The number of morpholine rings is 1. The third kappa shape index (κ3) is 3.97. The van der Waals surface area contributed by atoms with Gasteiger partial charge in [-0.2, -0.15) is 5.10 Å². The summed E-state index contributed by atoms with van der Waals surface area (Å²) in [7, 11) is 0. The van der Waals surface area contributed by atoms with Crippen LogP contribution in [0.2, 0.25) is 0 Å². The van der Waals surface area contributed by atoms with Crippen LogP contribution in [0.3, 0.4) is 0 Å². The fourth-order valence-corrected chi connectivity index (χ4v) is 5.47. The van der Waals surface area contributed by atoms with Crippen molar-refractivity contribution in [2.24, 2.45) is 0 Å². The summed E-state index contributed by atoms with van der Waals surface area (Å²) in [4.78, 5) is 16.8. The molecule has 2 aliphatic rings. The maximum Gasteiger partial charge on any atom is 0.350 e. The van der Waals surface area contributed by atoms with Gasteiger partial charge in [0, 0.05) is 42.7 Å². The number of hydrogen-bond donors (Lipinski definition) is 0. The van der Waals surface area contributed by atoms with Crippen molar-refractivity contribution < 1.29 is 4.74 Å². The van der Waals surface area contributed by atoms with Gasteiger partial charge in [-0.05, 0) is 24.1 Å².